The molecule has 0 aliphatic rings. The summed E-state index contributed by atoms with van der Waals surface area (Å²) in [4.78, 5) is 5.83. The number of aliphatic hydroxyl groups excluding tert-OH is 1. The van der Waals surface area contributed by atoms with Crippen LogP contribution in [0.2, 0.25) is 0 Å². The Labute approximate surface area is 78.0 Å². The number of aliphatic hydroxyl groups is 1. The Bertz CT molecular complexity index is 277. The van der Waals surface area contributed by atoms with Crippen molar-refractivity contribution in [1.82, 2.24) is 4.98 Å². The largest absolute Gasteiger partial charge is 0.396 e. The molecule has 0 saturated carbocycles. The first-order chi connectivity index (χ1) is 6.16. The second-order valence-corrected chi connectivity index (χ2v) is 3.08. The van der Waals surface area contributed by atoms with E-state index in [9.17, 15) is 0 Å². The van der Waals surface area contributed by atoms with E-state index in [1.165, 1.54) is 0 Å². The van der Waals surface area contributed by atoms with Crippen LogP contribution in [0.15, 0.2) is 18.5 Å². The van der Waals surface area contributed by atoms with Gasteiger partial charge in [0.15, 0.2) is 0 Å². The zero-order valence-corrected chi connectivity index (χ0v) is 7.94. The van der Waals surface area contributed by atoms with Gasteiger partial charge in [0, 0.05) is 19.3 Å². The van der Waals surface area contributed by atoms with Crippen molar-refractivity contribution >= 4 is 11.4 Å². The minimum absolute atomic E-state index is 0.0599. The Morgan fingerprint density at radius 2 is 2.38 bits per heavy atom. The third-order valence-corrected chi connectivity index (χ3v) is 2.13. The van der Waals surface area contributed by atoms with Crippen LogP contribution in [0.3, 0.4) is 0 Å². The molecule has 0 fully saturated rings. The third-order valence-electron chi connectivity index (χ3n) is 2.13. The number of anilines is 2. The Morgan fingerprint density at radius 3 is 2.92 bits per heavy atom. The highest BCUT2D eigenvalue weighted by Gasteiger charge is 2.10. The van der Waals surface area contributed by atoms with Gasteiger partial charge in [-0.05, 0) is 13.0 Å². The first kappa shape index (κ1) is 9.80. The van der Waals surface area contributed by atoms with Crippen molar-refractivity contribution < 1.29 is 5.11 Å². The minimum Gasteiger partial charge on any atom is -0.396 e. The van der Waals surface area contributed by atoms with E-state index in [0.717, 1.165) is 5.69 Å². The molecule has 1 aromatic heterocycles. The summed E-state index contributed by atoms with van der Waals surface area (Å²) < 4.78 is 0. The molecule has 1 aromatic rings. The van der Waals surface area contributed by atoms with Crippen molar-refractivity contribution in [3.8, 4) is 0 Å². The first-order valence-corrected chi connectivity index (χ1v) is 4.20. The van der Waals surface area contributed by atoms with E-state index in [4.69, 9.17) is 10.8 Å². The number of nitrogen functional groups attached to an aromatic ring is 1. The Hall–Kier alpha value is -1.29. The average molecular weight is 181 g/mol. The van der Waals surface area contributed by atoms with E-state index in [-0.39, 0.29) is 12.6 Å². The number of hydrogen-bond donors (Lipinski definition) is 2. The second-order valence-electron chi connectivity index (χ2n) is 3.08. The number of nitrogens with two attached hydrogens (primary N) is 1. The summed E-state index contributed by atoms with van der Waals surface area (Å²) in [6.07, 6.45) is 3.29. The van der Waals surface area contributed by atoms with E-state index in [1.54, 1.807) is 12.4 Å². The molecule has 0 spiro atoms. The topological polar surface area (TPSA) is 62.4 Å². The fraction of sp³-hybridized carbons (Fsp3) is 0.444. The lowest BCUT2D eigenvalue weighted by Gasteiger charge is -2.26. The molecule has 0 aromatic carbocycles. The van der Waals surface area contributed by atoms with Gasteiger partial charge in [0.05, 0.1) is 24.2 Å². The SMILES string of the molecule is CC(CO)N(C)c1ccncc1N. The highest BCUT2D eigenvalue weighted by Crippen LogP contribution is 2.21. The van der Waals surface area contributed by atoms with Crippen molar-refractivity contribution in [2.24, 2.45) is 0 Å². The second kappa shape index (κ2) is 4.09. The quantitative estimate of drug-likeness (QED) is 0.712. The minimum atomic E-state index is 0.0599. The van der Waals surface area contributed by atoms with Crippen LogP contribution in [0.1, 0.15) is 6.92 Å². The number of pyridine rings is 1. The molecule has 4 heteroatoms. The molecular formula is C9H15N3O. The summed E-state index contributed by atoms with van der Waals surface area (Å²) in [5.74, 6) is 0. The van der Waals surface area contributed by atoms with Crippen molar-refractivity contribution in [3.63, 3.8) is 0 Å². The van der Waals surface area contributed by atoms with E-state index in [0.29, 0.717) is 5.69 Å². The van der Waals surface area contributed by atoms with Gasteiger partial charge in [-0.15, -0.1) is 0 Å². The monoisotopic (exact) mass is 181 g/mol. The third kappa shape index (κ3) is 2.09. The molecule has 0 amide bonds. The molecule has 0 saturated heterocycles. The zero-order chi connectivity index (χ0) is 9.84. The lowest BCUT2D eigenvalue weighted by atomic mass is 10.2. The smallest absolute Gasteiger partial charge is 0.0738 e. The number of nitrogens with zero attached hydrogens (tertiary/aromatic N) is 2. The van der Waals surface area contributed by atoms with Gasteiger partial charge in [-0.25, -0.2) is 0 Å². The molecule has 3 N–H and O–H groups in total. The maximum atomic E-state index is 8.96. The summed E-state index contributed by atoms with van der Waals surface area (Å²) in [6, 6.07) is 1.89. The fourth-order valence-electron chi connectivity index (χ4n) is 1.08. The molecule has 0 aliphatic carbocycles. The molecule has 4 nitrogen and oxygen atoms in total. The molecular weight excluding hydrogens is 166 g/mol. The summed E-state index contributed by atoms with van der Waals surface area (Å²) in [7, 11) is 1.90. The van der Waals surface area contributed by atoms with Gasteiger partial charge in [-0.1, -0.05) is 0 Å². The van der Waals surface area contributed by atoms with Crippen molar-refractivity contribution in [3.05, 3.63) is 18.5 Å². The summed E-state index contributed by atoms with van der Waals surface area (Å²) in [5, 5.41) is 8.96. The lowest BCUT2D eigenvalue weighted by molar-refractivity contribution is 0.270. The fourth-order valence-corrected chi connectivity index (χ4v) is 1.08. The van der Waals surface area contributed by atoms with Gasteiger partial charge in [-0.2, -0.15) is 0 Å². The summed E-state index contributed by atoms with van der Waals surface area (Å²) in [5.41, 5.74) is 7.26. The Balaban J connectivity index is 2.88. The van der Waals surface area contributed by atoms with Crippen LogP contribution in [0.5, 0.6) is 0 Å². The van der Waals surface area contributed by atoms with Crippen LogP contribution >= 0.6 is 0 Å². The summed E-state index contributed by atoms with van der Waals surface area (Å²) >= 11 is 0. The normalized spacial score (nSPS) is 12.5. The van der Waals surface area contributed by atoms with Crippen molar-refractivity contribution in [2.45, 2.75) is 13.0 Å². The van der Waals surface area contributed by atoms with E-state index >= 15 is 0 Å². The number of rotatable bonds is 3. The van der Waals surface area contributed by atoms with Crippen LogP contribution in [-0.4, -0.2) is 29.8 Å². The van der Waals surface area contributed by atoms with E-state index < -0.39 is 0 Å². The van der Waals surface area contributed by atoms with Gasteiger partial charge in [0.1, 0.15) is 0 Å². The Kier molecular flexibility index (Phi) is 3.08. The van der Waals surface area contributed by atoms with Gasteiger partial charge in [-0.3, -0.25) is 4.98 Å². The lowest BCUT2D eigenvalue weighted by Crippen LogP contribution is -2.32. The number of aromatic nitrogens is 1. The van der Waals surface area contributed by atoms with Gasteiger partial charge in [0.2, 0.25) is 0 Å². The molecule has 0 aliphatic heterocycles. The van der Waals surface area contributed by atoms with Crippen molar-refractivity contribution in [1.29, 1.82) is 0 Å². The summed E-state index contributed by atoms with van der Waals surface area (Å²) in [6.45, 7) is 2.04. The maximum absolute atomic E-state index is 8.96. The number of likely N-dealkylation sites (N-methyl/N-ethyl adjacent to an activating group) is 1. The van der Waals surface area contributed by atoms with Crippen LogP contribution in [-0.2, 0) is 0 Å². The first-order valence-electron chi connectivity index (χ1n) is 4.20. The van der Waals surface area contributed by atoms with Crippen LogP contribution < -0.4 is 10.6 Å². The number of hydrogen-bond acceptors (Lipinski definition) is 4. The van der Waals surface area contributed by atoms with Gasteiger partial charge in [0.25, 0.3) is 0 Å². The Morgan fingerprint density at radius 1 is 1.69 bits per heavy atom. The predicted octanol–water partition coefficient (Wildman–Crippen LogP) is 0.481. The van der Waals surface area contributed by atoms with Gasteiger partial charge >= 0.3 is 0 Å². The maximum Gasteiger partial charge on any atom is 0.0738 e. The van der Waals surface area contributed by atoms with Crippen molar-refractivity contribution in [2.75, 3.05) is 24.3 Å². The van der Waals surface area contributed by atoms with E-state index in [2.05, 4.69) is 4.98 Å². The van der Waals surface area contributed by atoms with Crippen LogP contribution in [0, 0.1) is 0 Å². The molecule has 72 valence electrons. The van der Waals surface area contributed by atoms with E-state index in [1.807, 2.05) is 24.9 Å². The molecule has 1 atom stereocenters. The van der Waals surface area contributed by atoms with Crippen LogP contribution in [0.4, 0.5) is 11.4 Å². The molecule has 13 heavy (non-hydrogen) atoms. The molecule has 0 bridgehead atoms. The highest BCUT2D eigenvalue weighted by atomic mass is 16.3. The standard InChI is InChI=1S/C9H15N3O/c1-7(6-13)12(2)9-3-4-11-5-8(9)10/h3-5,7,13H,6,10H2,1-2H3. The average Bonchev–Trinajstić information content (AvgIpc) is 2.16. The van der Waals surface area contributed by atoms with Crippen LogP contribution in [0.25, 0.3) is 0 Å². The molecule has 1 rings (SSSR count). The highest BCUT2D eigenvalue weighted by molar-refractivity contribution is 5.65. The molecule has 1 unspecified atom stereocenters. The zero-order valence-electron chi connectivity index (χ0n) is 7.94. The molecule has 0 radical (unpaired) electrons. The predicted molar refractivity (Wildman–Crippen MR) is 53.6 cm³/mol. The molecule has 1 heterocycles. The van der Waals surface area contributed by atoms with Gasteiger partial charge < -0.3 is 15.7 Å².